The molecule has 2 nitrogen and oxygen atoms in total. The van der Waals surface area contributed by atoms with Gasteiger partial charge in [0.25, 0.3) is 0 Å². The molecule has 0 bridgehead atoms. The monoisotopic (exact) mass is 235 g/mol. The van der Waals surface area contributed by atoms with Crippen molar-refractivity contribution < 1.29 is 5.11 Å². The molecule has 1 unspecified atom stereocenters. The average molecular weight is 236 g/mol. The Balaban J connectivity index is 2.92. The number of aliphatic hydroxyl groups is 1. The first kappa shape index (κ1) is 9.16. The molecule has 1 aromatic rings. The fourth-order valence-electron chi connectivity index (χ4n) is 0.653. The normalized spacial score (nSPS) is 16.4. The molecule has 0 aliphatic heterocycles. The Kier molecular flexibility index (Phi) is 2.67. The van der Waals surface area contributed by atoms with Gasteiger partial charge in [0.15, 0.2) is 0 Å². The molecule has 0 spiro atoms. The molecule has 1 aromatic heterocycles. The summed E-state index contributed by atoms with van der Waals surface area (Å²) in [6.07, 6.45) is 0.687. The van der Waals surface area contributed by atoms with Crippen LogP contribution in [0.4, 0.5) is 0 Å². The molecule has 0 saturated heterocycles. The molecule has 0 amide bonds. The van der Waals surface area contributed by atoms with Gasteiger partial charge in [0.05, 0.1) is 0 Å². The summed E-state index contributed by atoms with van der Waals surface area (Å²) in [5.41, 5.74) is -0.767. The van der Waals surface area contributed by atoms with Crippen LogP contribution in [-0.2, 0) is 5.60 Å². The van der Waals surface area contributed by atoms with Crippen molar-refractivity contribution in [1.82, 2.24) is 4.98 Å². The minimum absolute atomic E-state index is 0.687. The molecule has 0 aromatic carbocycles. The molecule has 0 fully saturated rings. The van der Waals surface area contributed by atoms with Crippen molar-refractivity contribution in [2.24, 2.45) is 0 Å². The van der Waals surface area contributed by atoms with E-state index in [0.717, 1.165) is 9.61 Å². The topological polar surface area (TPSA) is 33.1 Å². The summed E-state index contributed by atoms with van der Waals surface area (Å²) >= 11 is 4.72. The summed E-state index contributed by atoms with van der Waals surface area (Å²) in [5.74, 6) is 0. The quantitative estimate of drug-likeness (QED) is 0.855. The summed E-state index contributed by atoms with van der Waals surface area (Å²) in [6.45, 7) is 3.72. The first-order chi connectivity index (χ1) is 5.06. The predicted octanol–water partition coefficient (Wildman–Crippen LogP) is 2.52. The van der Waals surface area contributed by atoms with Crippen molar-refractivity contribution >= 4 is 27.3 Å². The van der Waals surface area contributed by atoms with Crippen LogP contribution in [0.2, 0.25) is 0 Å². The lowest BCUT2D eigenvalue weighted by Crippen LogP contribution is -2.18. The highest BCUT2D eigenvalue weighted by Gasteiger charge is 2.23. The molecule has 62 valence electrons. The lowest BCUT2D eigenvalue weighted by Gasteiger charge is -2.17. The van der Waals surface area contributed by atoms with E-state index in [2.05, 4.69) is 20.9 Å². The van der Waals surface area contributed by atoms with Crippen LogP contribution in [0.1, 0.15) is 25.3 Å². The molecular formula is C7H10BrNOS. The molecule has 0 aliphatic rings. The largest absolute Gasteiger partial charge is 0.383 e. The average Bonchev–Trinajstić information content (AvgIpc) is 2.36. The van der Waals surface area contributed by atoms with Crippen LogP contribution in [0.25, 0.3) is 0 Å². The van der Waals surface area contributed by atoms with Gasteiger partial charge in [-0.15, -0.1) is 11.3 Å². The molecule has 1 rings (SSSR count). The van der Waals surface area contributed by atoms with E-state index in [4.69, 9.17) is 0 Å². The van der Waals surface area contributed by atoms with E-state index in [1.807, 2.05) is 12.3 Å². The number of halogens is 1. The van der Waals surface area contributed by atoms with Crippen LogP contribution in [-0.4, -0.2) is 10.1 Å². The van der Waals surface area contributed by atoms with Crippen molar-refractivity contribution in [1.29, 1.82) is 0 Å². The van der Waals surface area contributed by atoms with Crippen molar-refractivity contribution in [3.05, 3.63) is 15.0 Å². The molecular weight excluding hydrogens is 226 g/mol. The Morgan fingerprint density at radius 1 is 1.82 bits per heavy atom. The third-order valence-corrected chi connectivity index (χ3v) is 3.43. The maximum atomic E-state index is 9.73. The van der Waals surface area contributed by atoms with Crippen LogP contribution >= 0.6 is 27.3 Å². The summed E-state index contributed by atoms with van der Waals surface area (Å²) in [6, 6.07) is 0. The Hall–Kier alpha value is 0.0700. The molecule has 0 saturated carbocycles. The van der Waals surface area contributed by atoms with Crippen LogP contribution in [0, 0.1) is 0 Å². The number of hydrogen-bond donors (Lipinski definition) is 1. The fraction of sp³-hybridized carbons (Fsp3) is 0.571. The lowest BCUT2D eigenvalue weighted by atomic mass is 10.1. The molecule has 1 heterocycles. The fourth-order valence-corrected chi connectivity index (χ4v) is 2.04. The van der Waals surface area contributed by atoms with Gasteiger partial charge in [0.1, 0.15) is 15.2 Å². The Morgan fingerprint density at radius 2 is 2.45 bits per heavy atom. The zero-order chi connectivity index (χ0) is 8.48. The number of hydrogen-bond acceptors (Lipinski definition) is 3. The van der Waals surface area contributed by atoms with Crippen LogP contribution in [0.5, 0.6) is 0 Å². The van der Waals surface area contributed by atoms with E-state index in [0.29, 0.717) is 6.42 Å². The van der Waals surface area contributed by atoms with Crippen LogP contribution in [0.3, 0.4) is 0 Å². The van der Waals surface area contributed by atoms with Gasteiger partial charge in [-0.05, 0) is 29.3 Å². The summed E-state index contributed by atoms with van der Waals surface area (Å²) < 4.78 is 0.797. The summed E-state index contributed by atoms with van der Waals surface area (Å²) in [4.78, 5) is 4.14. The van der Waals surface area contributed by atoms with E-state index >= 15 is 0 Å². The first-order valence-corrected chi connectivity index (χ1v) is 5.07. The van der Waals surface area contributed by atoms with E-state index in [1.165, 1.54) is 11.3 Å². The number of nitrogens with zero attached hydrogens (tertiary/aromatic N) is 1. The Labute approximate surface area is 78.4 Å². The highest BCUT2D eigenvalue weighted by Crippen LogP contribution is 2.28. The maximum absolute atomic E-state index is 9.73. The highest BCUT2D eigenvalue weighted by atomic mass is 79.9. The van der Waals surface area contributed by atoms with E-state index in [9.17, 15) is 5.11 Å². The second-order valence-corrected chi connectivity index (χ2v) is 4.27. The highest BCUT2D eigenvalue weighted by molar-refractivity contribution is 9.10. The van der Waals surface area contributed by atoms with Crippen molar-refractivity contribution in [3.8, 4) is 0 Å². The molecule has 1 atom stereocenters. The van der Waals surface area contributed by atoms with Gasteiger partial charge in [-0.25, -0.2) is 4.98 Å². The Bertz CT molecular complexity index is 246. The number of rotatable bonds is 2. The molecule has 4 heteroatoms. The number of aromatic nitrogens is 1. The van der Waals surface area contributed by atoms with Crippen molar-refractivity contribution in [3.63, 3.8) is 0 Å². The first-order valence-electron chi connectivity index (χ1n) is 3.40. The minimum atomic E-state index is -0.767. The third kappa shape index (κ3) is 2.01. The molecule has 11 heavy (non-hydrogen) atoms. The summed E-state index contributed by atoms with van der Waals surface area (Å²) in [7, 11) is 0. The van der Waals surface area contributed by atoms with Crippen LogP contribution in [0.15, 0.2) is 9.98 Å². The van der Waals surface area contributed by atoms with E-state index < -0.39 is 5.60 Å². The zero-order valence-electron chi connectivity index (χ0n) is 6.47. The number of thiazole rings is 1. The van der Waals surface area contributed by atoms with Gasteiger partial charge < -0.3 is 5.11 Å². The van der Waals surface area contributed by atoms with Crippen molar-refractivity contribution in [2.75, 3.05) is 0 Å². The standard InChI is InChI=1S/C7H10BrNOS/c1-3-7(2,10)6-9-5(8)4-11-6/h4,10H,3H2,1-2H3. The Morgan fingerprint density at radius 3 is 2.82 bits per heavy atom. The van der Waals surface area contributed by atoms with E-state index in [1.54, 1.807) is 6.92 Å². The molecule has 0 aliphatic carbocycles. The third-order valence-electron chi connectivity index (χ3n) is 1.63. The lowest BCUT2D eigenvalue weighted by molar-refractivity contribution is 0.0527. The molecule has 1 N–H and O–H groups in total. The molecule has 0 radical (unpaired) electrons. The minimum Gasteiger partial charge on any atom is -0.383 e. The van der Waals surface area contributed by atoms with Gasteiger partial charge in [0, 0.05) is 5.38 Å². The summed E-state index contributed by atoms with van der Waals surface area (Å²) in [5, 5.41) is 12.4. The van der Waals surface area contributed by atoms with Gasteiger partial charge in [0.2, 0.25) is 0 Å². The van der Waals surface area contributed by atoms with Crippen LogP contribution < -0.4 is 0 Å². The predicted molar refractivity (Wildman–Crippen MR) is 49.7 cm³/mol. The second-order valence-electron chi connectivity index (χ2n) is 2.60. The zero-order valence-corrected chi connectivity index (χ0v) is 8.87. The smallest absolute Gasteiger partial charge is 0.125 e. The van der Waals surface area contributed by atoms with Gasteiger partial charge >= 0.3 is 0 Å². The van der Waals surface area contributed by atoms with Gasteiger partial charge in [-0.1, -0.05) is 6.92 Å². The van der Waals surface area contributed by atoms with Crippen molar-refractivity contribution in [2.45, 2.75) is 25.9 Å². The SMILES string of the molecule is CCC(C)(O)c1nc(Br)cs1. The van der Waals surface area contributed by atoms with Gasteiger partial charge in [-0.3, -0.25) is 0 Å². The second kappa shape index (κ2) is 3.21. The van der Waals surface area contributed by atoms with E-state index in [-0.39, 0.29) is 0 Å². The maximum Gasteiger partial charge on any atom is 0.125 e. The van der Waals surface area contributed by atoms with Gasteiger partial charge in [-0.2, -0.15) is 0 Å².